The minimum absolute atomic E-state index is 0.149. The molecule has 0 aromatic carbocycles. The van der Waals surface area contributed by atoms with Crippen LogP contribution in [0.4, 0.5) is 0 Å². The van der Waals surface area contributed by atoms with E-state index in [0.29, 0.717) is 0 Å². The van der Waals surface area contributed by atoms with Gasteiger partial charge in [-0.3, -0.25) is 0 Å². The third-order valence-electron chi connectivity index (χ3n) is 2.48. The molecule has 0 aromatic rings. The number of hydrogen-bond donors (Lipinski definition) is 2. The molecule has 1 fully saturated rings. The van der Waals surface area contributed by atoms with Crippen LogP contribution in [-0.4, -0.2) is 17.2 Å². The van der Waals surface area contributed by atoms with Crippen molar-refractivity contribution in [3.8, 4) is 0 Å². The maximum Gasteiger partial charge on any atom is 0.454 e. The predicted molar refractivity (Wildman–Crippen MR) is 52.9 cm³/mol. The van der Waals surface area contributed by atoms with Crippen molar-refractivity contribution >= 4 is 7.12 Å². The summed E-state index contributed by atoms with van der Waals surface area (Å²) in [6.45, 7) is 6.22. The van der Waals surface area contributed by atoms with E-state index < -0.39 is 7.12 Å². The summed E-state index contributed by atoms with van der Waals surface area (Å²) < 4.78 is 0. The van der Waals surface area contributed by atoms with Gasteiger partial charge in [0.2, 0.25) is 0 Å². The van der Waals surface area contributed by atoms with Crippen LogP contribution in [0.25, 0.3) is 0 Å². The first kappa shape index (κ1) is 12.0. The van der Waals surface area contributed by atoms with Crippen LogP contribution in [0.5, 0.6) is 0 Å². The van der Waals surface area contributed by atoms with Gasteiger partial charge in [0.15, 0.2) is 0 Å². The molecule has 1 rings (SSSR count). The summed E-state index contributed by atoms with van der Waals surface area (Å²) in [5, 5.41) is 17.6. The van der Waals surface area contributed by atoms with Crippen LogP contribution in [0.1, 0.15) is 46.5 Å². The van der Waals surface area contributed by atoms with Gasteiger partial charge in [0, 0.05) is 0 Å². The lowest BCUT2D eigenvalue weighted by molar-refractivity contribution is 0.317. The normalized spacial score (nSPS) is 28.8. The zero-order chi connectivity index (χ0) is 9.56. The molecule has 0 spiro atoms. The maximum absolute atomic E-state index is 8.82. The van der Waals surface area contributed by atoms with Crippen molar-refractivity contribution in [3.63, 3.8) is 0 Å². The average molecular weight is 172 g/mol. The first-order valence-corrected chi connectivity index (χ1v) is 5.06. The van der Waals surface area contributed by atoms with Gasteiger partial charge in [0.05, 0.1) is 0 Å². The molecular weight excluding hydrogens is 151 g/mol. The second kappa shape index (κ2) is 6.50. The highest BCUT2D eigenvalue weighted by Crippen LogP contribution is 2.32. The van der Waals surface area contributed by atoms with Gasteiger partial charge in [-0.2, -0.15) is 0 Å². The van der Waals surface area contributed by atoms with E-state index in [9.17, 15) is 0 Å². The van der Waals surface area contributed by atoms with E-state index in [4.69, 9.17) is 10.0 Å². The Morgan fingerprint density at radius 1 is 1.00 bits per heavy atom. The number of rotatable bonds is 1. The van der Waals surface area contributed by atoms with Crippen LogP contribution < -0.4 is 0 Å². The molecule has 0 unspecified atom stereocenters. The summed E-state index contributed by atoms with van der Waals surface area (Å²) in [5.41, 5.74) is 0. The lowest BCUT2D eigenvalue weighted by Gasteiger charge is -2.24. The summed E-state index contributed by atoms with van der Waals surface area (Å²) in [6.07, 6.45) is 4.28. The highest BCUT2D eigenvalue weighted by atomic mass is 16.4. The summed E-state index contributed by atoms with van der Waals surface area (Å²) in [7, 11) is -1.08. The molecule has 3 heteroatoms. The van der Waals surface area contributed by atoms with E-state index in [-0.39, 0.29) is 5.82 Å². The standard InChI is InChI=1S/C7H15BO2.C2H6/c1-6-2-4-7(5-3-6)8(9)10;1-2/h6-7,9-10H,2-5H2,1H3;1-2H3. The highest BCUT2D eigenvalue weighted by molar-refractivity contribution is 6.43. The van der Waals surface area contributed by atoms with E-state index in [1.165, 1.54) is 0 Å². The Hall–Kier alpha value is -0.0151. The Morgan fingerprint density at radius 2 is 1.42 bits per heavy atom. The predicted octanol–water partition coefficient (Wildman–Crippen LogP) is 2.07. The van der Waals surface area contributed by atoms with Gasteiger partial charge in [-0.1, -0.05) is 46.5 Å². The largest absolute Gasteiger partial charge is 0.454 e. The van der Waals surface area contributed by atoms with Gasteiger partial charge in [-0.15, -0.1) is 0 Å². The molecular formula is C9H21BO2. The molecule has 72 valence electrons. The van der Waals surface area contributed by atoms with Gasteiger partial charge in [0.1, 0.15) is 0 Å². The minimum atomic E-state index is -1.08. The molecule has 0 heterocycles. The molecule has 0 atom stereocenters. The van der Waals surface area contributed by atoms with E-state index in [1.54, 1.807) is 0 Å². The van der Waals surface area contributed by atoms with E-state index in [2.05, 4.69) is 6.92 Å². The molecule has 0 amide bonds. The number of hydrogen-bond acceptors (Lipinski definition) is 2. The Bertz CT molecular complexity index is 98.7. The monoisotopic (exact) mass is 172 g/mol. The molecule has 0 bridgehead atoms. The van der Waals surface area contributed by atoms with Crippen molar-refractivity contribution in [3.05, 3.63) is 0 Å². The summed E-state index contributed by atoms with van der Waals surface area (Å²) in [6, 6.07) is 0. The lowest BCUT2D eigenvalue weighted by Crippen LogP contribution is -2.24. The quantitative estimate of drug-likeness (QED) is 0.594. The smallest absolute Gasteiger partial charge is 0.427 e. The first-order valence-electron chi connectivity index (χ1n) is 5.06. The highest BCUT2D eigenvalue weighted by Gasteiger charge is 2.27. The SMILES string of the molecule is CC.CC1CCC(B(O)O)CC1. The zero-order valence-corrected chi connectivity index (χ0v) is 8.45. The maximum atomic E-state index is 8.82. The lowest BCUT2D eigenvalue weighted by atomic mass is 9.63. The van der Waals surface area contributed by atoms with Gasteiger partial charge in [-0.25, -0.2) is 0 Å². The van der Waals surface area contributed by atoms with Crippen molar-refractivity contribution in [1.29, 1.82) is 0 Å². The van der Waals surface area contributed by atoms with E-state index in [0.717, 1.165) is 31.6 Å². The fraction of sp³-hybridized carbons (Fsp3) is 1.00. The molecule has 2 N–H and O–H groups in total. The van der Waals surface area contributed by atoms with Crippen LogP contribution in [0.2, 0.25) is 5.82 Å². The zero-order valence-electron chi connectivity index (χ0n) is 8.45. The van der Waals surface area contributed by atoms with Crippen molar-refractivity contribution in [1.82, 2.24) is 0 Å². The molecule has 1 saturated carbocycles. The summed E-state index contributed by atoms with van der Waals surface area (Å²) in [4.78, 5) is 0. The van der Waals surface area contributed by atoms with Gasteiger partial charge in [-0.05, 0) is 11.7 Å². The Labute approximate surface area is 76.1 Å². The first-order chi connectivity index (χ1) is 5.70. The van der Waals surface area contributed by atoms with Crippen molar-refractivity contribution in [2.75, 3.05) is 0 Å². The van der Waals surface area contributed by atoms with Crippen LogP contribution in [0, 0.1) is 5.92 Å². The van der Waals surface area contributed by atoms with Crippen LogP contribution >= 0.6 is 0 Å². The fourth-order valence-electron chi connectivity index (χ4n) is 1.58. The topological polar surface area (TPSA) is 40.5 Å². The molecule has 0 radical (unpaired) electrons. The molecule has 0 aliphatic heterocycles. The molecule has 2 nitrogen and oxygen atoms in total. The Balaban J connectivity index is 0.000000561. The second-order valence-electron chi connectivity index (χ2n) is 3.43. The molecule has 1 aliphatic carbocycles. The van der Waals surface area contributed by atoms with Crippen molar-refractivity contribution in [2.45, 2.75) is 52.3 Å². The summed E-state index contributed by atoms with van der Waals surface area (Å²) in [5.74, 6) is 0.936. The van der Waals surface area contributed by atoms with Gasteiger partial charge in [0.25, 0.3) is 0 Å². The molecule has 0 aromatic heterocycles. The summed E-state index contributed by atoms with van der Waals surface area (Å²) >= 11 is 0. The molecule has 0 saturated heterocycles. The van der Waals surface area contributed by atoms with Crippen LogP contribution in [0.3, 0.4) is 0 Å². The van der Waals surface area contributed by atoms with E-state index in [1.807, 2.05) is 13.8 Å². The minimum Gasteiger partial charge on any atom is -0.427 e. The van der Waals surface area contributed by atoms with Gasteiger partial charge >= 0.3 is 7.12 Å². The molecule has 12 heavy (non-hydrogen) atoms. The third kappa shape index (κ3) is 4.12. The average Bonchev–Trinajstić information content (AvgIpc) is 2.09. The van der Waals surface area contributed by atoms with Crippen molar-refractivity contribution < 1.29 is 10.0 Å². The van der Waals surface area contributed by atoms with Gasteiger partial charge < -0.3 is 10.0 Å². The second-order valence-corrected chi connectivity index (χ2v) is 3.43. The van der Waals surface area contributed by atoms with Crippen molar-refractivity contribution in [2.24, 2.45) is 5.92 Å². The Kier molecular flexibility index (Phi) is 6.49. The van der Waals surface area contributed by atoms with Crippen LogP contribution in [0.15, 0.2) is 0 Å². The fourth-order valence-corrected chi connectivity index (χ4v) is 1.58. The van der Waals surface area contributed by atoms with Crippen LogP contribution in [-0.2, 0) is 0 Å². The van der Waals surface area contributed by atoms with E-state index >= 15 is 0 Å². The third-order valence-corrected chi connectivity index (χ3v) is 2.48. The Morgan fingerprint density at radius 3 is 1.75 bits per heavy atom. The molecule has 1 aliphatic rings.